The molecule has 0 amide bonds. The maximum absolute atomic E-state index is 6.69. The standard InChI is InChI=1S/C20H27NO/c1-19(2,3)15-20(12-7-4-8-13-20)22-18-11-14-21-17-10-6-5-9-16(17)18/h5-6,9-11,14H,4,7-8,12-13,15H2,1-3H3. The molecule has 22 heavy (non-hydrogen) atoms. The summed E-state index contributed by atoms with van der Waals surface area (Å²) < 4.78 is 6.69. The van der Waals surface area contributed by atoms with E-state index < -0.39 is 0 Å². The number of benzene rings is 1. The summed E-state index contributed by atoms with van der Waals surface area (Å²) in [5.74, 6) is 0.997. The summed E-state index contributed by atoms with van der Waals surface area (Å²) in [6.45, 7) is 6.95. The van der Waals surface area contributed by atoms with Crippen molar-refractivity contribution in [2.45, 2.75) is 64.9 Å². The van der Waals surface area contributed by atoms with Crippen LogP contribution in [0.25, 0.3) is 10.9 Å². The summed E-state index contributed by atoms with van der Waals surface area (Å²) in [6, 6.07) is 10.3. The van der Waals surface area contributed by atoms with Gasteiger partial charge in [-0.05, 0) is 55.7 Å². The van der Waals surface area contributed by atoms with Gasteiger partial charge in [0.25, 0.3) is 0 Å². The first kappa shape index (κ1) is 15.3. The van der Waals surface area contributed by atoms with Crippen LogP contribution in [0.2, 0.25) is 0 Å². The second-order valence-electron chi connectivity index (χ2n) is 7.91. The first-order valence-corrected chi connectivity index (χ1v) is 8.50. The van der Waals surface area contributed by atoms with Crippen LogP contribution in [0.5, 0.6) is 5.75 Å². The van der Waals surface area contributed by atoms with E-state index in [4.69, 9.17) is 4.74 Å². The first-order valence-electron chi connectivity index (χ1n) is 8.50. The average molecular weight is 297 g/mol. The molecule has 1 fully saturated rings. The maximum Gasteiger partial charge on any atom is 0.131 e. The zero-order chi connectivity index (χ0) is 15.6. The molecule has 0 saturated heterocycles. The van der Waals surface area contributed by atoms with E-state index >= 15 is 0 Å². The smallest absolute Gasteiger partial charge is 0.131 e. The van der Waals surface area contributed by atoms with Crippen molar-refractivity contribution in [3.05, 3.63) is 36.5 Å². The van der Waals surface area contributed by atoms with Crippen molar-refractivity contribution in [1.29, 1.82) is 0 Å². The van der Waals surface area contributed by atoms with E-state index in [0.29, 0.717) is 0 Å². The van der Waals surface area contributed by atoms with Gasteiger partial charge < -0.3 is 4.74 Å². The van der Waals surface area contributed by atoms with Crippen molar-refractivity contribution in [3.8, 4) is 5.75 Å². The molecular weight excluding hydrogens is 270 g/mol. The van der Waals surface area contributed by atoms with Gasteiger partial charge in [-0.3, -0.25) is 4.98 Å². The third-order valence-electron chi connectivity index (χ3n) is 4.55. The van der Waals surface area contributed by atoms with Crippen LogP contribution in [-0.4, -0.2) is 10.6 Å². The molecule has 1 aromatic heterocycles. The second kappa shape index (κ2) is 5.91. The largest absolute Gasteiger partial charge is 0.487 e. The Kier molecular flexibility index (Phi) is 4.12. The SMILES string of the molecule is CC(C)(C)CC1(Oc2ccnc3ccccc23)CCCCC1. The molecule has 2 heteroatoms. The Hall–Kier alpha value is -1.57. The lowest BCUT2D eigenvalue weighted by Crippen LogP contribution is -2.41. The van der Waals surface area contributed by atoms with Crippen LogP contribution in [0.15, 0.2) is 36.5 Å². The number of fused-ring (bicyclic) bond motifs is 1. The van der Waals surface area contributed by atoms with Gasteiger partial charge >= 0.3 is 0 Å². The van der Waals surface area contributed by atoms with Gasteiger partial charge in [-0.25, -0.2) is 0 Å². The predicted molar refractivity (Wildman–Crippen MR) is 92.3 cm³/mol. The van der Waals surface area contributed by atoms with Gasteiger partial charge in [0, 0.05) is 11.6 Å². The van der Waals surface area contributed by atoms with E-state index in [0.717, 1.165) is 23.1 Å². The number of para-hydroxylation sites is 1. The van der Waals surface area contributed by atoms with E-state index in [-0.39, 0.29) is 11.0 Å². The fraction of sp³-hybridized carbons (Fsp3) is 0.550. The monoisotopic (exact) mass is 297 g/mol. The van der Waals surface area contributed by atoms with Crippen LogP contribution in [0.1, 0.15) is 59.3 Å². The summed E-state index contributed by atoms with van der Waals surface area (Å²) in [4.78, 5) is 4.45. The minimum absolute atomic E-state index is 0.0133. The van der Waals surface area contributed by atoms with Crippen LogP contribution < -0.4 is 4.74 Å². The molecule has 0 N–H and O–H groups in total. The number of pyridine rings is 1. The molecule has 118 valence electrons. The molecule has 0 unspecified atom stereocenters. The summed E-state index contributed by atoms with van der Waals surface area (Å²) in [5.41, 5.74) is 1.28. The average Bonchev–Trinajstić information content (AvgIpc) is 2.46. The van der Waals surface area contributed by atoms with Crippen molar-refractivity contribution in [3.63, 3.8) is 0 Å². The van der Waals surface area contributed by atoms with Gasteiger partial charge in [0.15, 0.2) is 0 Å². The van der Waals surface area contributed by atoms with Crippen molar-refractivity contribution in [2.75, 3.05) is 0 Å². The predicted octanol–water partition coefficient (Wildman–Crippen LogP) is 5.75. The number of hydrogen-bond donors (Lipinski definition) is 0. The highest BCUT2D eigenvalue weighted by atomic mass is 16.5. The lowest BCUT2D eigenvalue weighted by molar-refractivity contribution is -0.00423. The molecule has 1 aromatic carbocycles. The number of aromatic nitrogens is 1. The van der Waals surface area contributed by atoms with Crippen LogP contribution >= 0.6 is 0 Å². The molecule has 1 aliphatic rings. The number of hydrogen-bond acceptors (Lipinski definition) is 2. The summed E-state index contributed by atoms with van der Waals surface area (Å²) >= 11 is 0. The third kappa shape index (κ3) is 3.43. The summed E-state index contributed by atoms with van der Waals surface area (Å²) in [5, 5.41) is 1.13. The molecule has 0 aliphatic heterocycles. The van der Waals surface area contributed by atoms with Gasteiger partial charge in [0.05, 0.1) is 5.52 Å². The fourth-order valence-electron chi connectivity index (χ4n) is 3.87. The molecule has 2 nitrogen and oxygen atoms in total. The van der Waals surface area contributed by atoms with E-state index in [1.165, 1.54) is 32.1 Å². The number of rotatable bonds is 3. The highest BCUT2D eigenvalue weighted by Gasteiger charge is 2.38. The summed E-state index contributed by atoms with van der Waals surface area (Å²) in [6.07, 6.45) is 9.20. The molecule has 2 aromatic rings. The van der Waals surface area contributed by atoms with Crippen LogP contribution in [0.3, 0.4) is 0 Å². The minimum atomic E-state index is -0.0133. The lowest BCUT2D eigenvalue weighted by atomic mass is 9.74. The first-order chi connectivity index (χ1) is 10.5. The van der Waals surface area contributed by atoms with Crippen LogP contribution in [-0.2, 0) is 0 Å². The highest BCUT2D eigenvalue weighted by Crippen LogP contribution is 2.42. The van der Waals surface area contributed by atoms with Crippen molar-refractivity contribution in [1.82, 2.24) is 4.98 Å². The Morgan fingerprint density at radius 3 is 2.50 bits per heavy atom. The Bertz CT molecular complexity index is 630. The van der Waals surface area contributed by atoms with Gasteiger partial charge in [-0.1, -0.05) is 39.3 Å². The third-order valence-corrected chi connectivity index (χ3v) is 4.55. The quantitative estimate of drug-likeness (QED) is 0.719. The number of nitrogens with zero attached hydrogens (tertiary/aromatic N) is 1. The Morgan fingerprint density at radius 2 is 1.77 bits per heavy atom. The maximum atomic E-state index is 6.69. The van der Waals surface area contributed by atoms with E-state index in [9.17, 15) is 0 Å². The van der Waals surface area contributed by atoms with Crippen molar-refractivity contribution >= 4 is 10.9 Å². The topological polar surface area (TPSA) is 22.1 Å². The van der Waals surface area contributed by atoms with Gasteiger partial charge in [-0.15, -0.1) is 0 Å². The van der Waals surface area contributed by atoms with Crippen molar-refractivity contribution < 1.29 is 4.74 Å². The Labute approximate surface area is 133 Å². The minimum Gasteiger partial charge on any atom is -0.487 e. The summed E-state index contributed by atoms with van der Waals surface area (Å²) in [7, 11) is 0. The Morgan fingerprint density at radius 1 is 1.05 bits per heavy atom. The van der Waals surface area contributed by atoms with Crippen molar-refractivity contribution in [2.24, 2.45) is 5.41 Å². The van der Waals surface area contributed by atoms with Gasteiger partial charge in [-0.2, -0.15) is 0 Å². The zero-order valence-corrected chi connectivity index (χ0v) is 14.1. The van der Waals surface area contributed by atoms with Gasteiger partial charge in [0.2, 0.25) is 0 Å². The molecule has 1 saturated carbocycles. The molecule has 0 atom stereocenters. The van der Waals surface area contributed by atoms with Crippen LogP contribution in [0, 0.1) is 5.41 Å². The normalized spacial score (nSPS) is 18.3. The second-order valence-corrected chi connectivity index (χ2v) is 7.91. The van der Waals surface area contributed by atoms with Gasteiger partial charge in [0.1, 0.15) is 11.4 Å². The fourth-order valence-corrected chi connectivity index (χ4v) is 3.87. The van der Waals surface area contributed by atoms with E-state index in [1.807, 2.05) is 18.3 Å². The lowest BCUT2D eigenvalue weighted by Gasteiger charge is -2.42. The van der Waals surface area contributed by atoms with E-state index in [2.05, 4.69) is 44.0 Å². The number of ether oxygens (including phenoxy) is 1. The Balaban J connectivity index is 1.95. The van der Waals surface area contributed by atoms with E-state index in [1.54, 1.807) is 0 Å². The zero-order valence-electron chi connectivity index (χ0n) is 14.1. The van der Waals surface area contributed by atoms with Crippen LogP contribution in [0.4, 0.5) is 0 Å². The molecule has 1 heterocycles. The molecule has 1 aliphatic carbocycles. The highest BCUT2D eigenvalue weighted by molar-refractivity contribution is 5.84. The molecule has 0 radical (unpaired) electrons. The molecule has 0 spiro atoms. The molecule has 3 rings (SSSR count). The molecular formula is C20H27NO. The molecule has 0 bridgehead atoms.